The number of fused-ring (bicyclic) bond motifs is 2. The maximum absolute atomic E-state index is 13.6. The molecule has 2 fully saturated rings. The van der Waals surface area contributed by atoms with Gasteiger partial charge in [-0.15, -0.1) is 0 Å². The highest BCUT2D eigenvalue weighted by molar-refractivity contribution is 7.92. The Hall–Kier alpha value is -2.07. The predicted molar refractivity (Wildman–Crippen MR) is 123 cm³/mol. The Morgan fingerprint density at radius 1 is 1.15 bits per heavy atom. The summed E-state index contributed by atoms with van der Waals surface area (Å²) >= 11 is 6.24. The molecule has 2 aliphatic carbocycles. The van der Waals surface area contributed by atoms with Gasteiger partial charge in [-0.2, -0.15) is 0 Å². The lowest BCUT2D eigenvalue weighted by Crippen LogP contribution is -2.49. The van der Waals surface area contributed by atoms with Gasteiger partial charge in [-0.3, -0.25) is 4.79 Å². The number of carbonyl (C=O) groups excluding carboxylic acids is 1. The standard InChI is InChI=1S/C24H26ClF2NO5S/c1-13-8-15-10-17(12-18(13)24(15,31)6-7-29)34(32,33)22-9-14(2-4-19(22)25)23(30)28-16-3-5-20(26)21(27)11-16/h2-5,9,11,13,15,17-18,29,31H,6-8,10,12H2,1H3,(H,28,30)/t13-,15?,17+,18?,24+/m0/s1. The number of sulfone groups is 1. The summed E-state index contributed by atoms with van der Waals surface area (Å²) in [6.45, 7) is 1.81. The van der Waals surface area contributed by atoms with Gasteiger partial charge in [-0.05, 0) is 73.8 Å². The van der Waals surface area contributed by atoms with E-state index in [-0.39, 0.29) is 64.8 Å². The summed E-state index contributed by atoms with van der Waals surface area (Å²) in [5.74, 6) is -3.29. The first-order valence-electron chi connectivity index (χ1n) is 11.1. The monoisotopic (exact) mass is 513 g/mol. The highest BCUT2D eigenvalue weighted by atomic mass is 35.5. The number of aliphatic hydroxyl groups is 2. The minimum atomic E-state index is -3.94. The van der Waals surface area contributed by atoms with Gasteiger partial charge in [-0.1, -0.05) is 18.5 Å². The van der Waals surface area contributed by atoms with Crippen molar-refractivity contribution in [3.8, 4) is 0 Å². The van der Waals surface area contributed by atoms with Crippen LogP contribution in [-0.4, -0.2) is 42.0 Å². The maximum atomic E-state index is 13.6. The third-order valence-corrected chi connectivity index (χ3v) is 10.0. The summed E-state index contributed by atoms with van der Waals surface area (Å²) < 4.78 is 53.8. The molecule has 184 valence electrons. The first-order chi connectivity index (χ1) is 16.0. The number of hydrogen-bond acceptors (Lipinski definition) is 5. The third-order valence-electron chi connectivity index (χ3n) is 7.38. The normalized spacial score (nSPS) is 28.6. The molecular formula is C24H26ClF2NO5S. The van der Waals surface area contributed by atoms with E-state index in [0.717, 1.165) is 12.1 Å². The molecule has 1 amide bonds. The van der Waals surface area contributed by atoms with Crippen LogP contribution in [0, 0.1) is 29.4 Å². The minimum Gasteiger partial charge on any atom is -0.396 e. The zero-order valence-electron chi connectivity index (χ0n) is 18.5. The SMILES string of the molecule is C[C@H]1CC2C[C@@H](S(=O)(=O)c3cc(C(=O)Nc4ccc(F)c(F)c4)ccc3Cl)CC1[C@@]2(O)CCO. The fourth-order valence-corrected chi connectivity index (χ4v) is 8.06. The number of rotatable bonds is 6. The van der Waals surface area contributed by atoms with Crippen LogP contribution in [0.15, 0.2) is 41.3 Å². The van der Waals surface area contributed by atoms with E-state index in [9.17, 15) is 32.2 Å². The van der Waals surface area contributed by atoms with Crippen molar-refractivity contribution in [3.05, 3.63) is 58.6 Å². The molecule has 2 bridgehead atoms. The zero-order valence-corrected chi connectivity index (χ0v) is 20.0. The Balaban J connectivity index is 1.60. The van der Waals surface area contributed by atoms with Gasteiger partial charge >= 0.3 is 0 Å². The summed E-state index contributed by atoms with van der Waals surface area (Å²) in [6.07, 6.45) is 1.36. The summed E-state index contributed by atoms with van der Waals surface area (Å²) in [6, 6.07) is 6.75. The molecule has 0 aromatic heterocycles. The van der Waals surface area contributed by atoms with Crippen LogP contribution < -0.4 is 5.32 Å². The van der Waals surface area contributed by atoms with Crippen LogP contribution in [0.5, 0.6) is 0 Å². The minimum absolute atomic E-state index is 0.00311. The highest BCUT2D eigenvalue weighted by Gasteiger charge is 2.58. The van der Waals surface area contributed by atoms with E-state index in [4.69, 9.17) is 11.6 Å². The molecule has 10 heteroatoms. The van der Waals surface area contributed by atoms with Gasteiger partial charge < -0.3 is 15.5 Å². The lowest BCUT2D eigenvalue weighted by Gasteiger charge is -2.43. The molecule has 34 heavy (non-hydrogen) atoms. The summed E-state index contributed by atoms with van der Waals surface area (Å²) in [5.41, 5.74) is -1.07. The van der Waals surface area contributed by atoms with Crippen molar-refractivity contribution in [1.82, 2.24) is 0 Å². The Morgan fingerprint density at radius 2 is 1.88 bits per heavy atom. The largest absolute Gasteiger partial charge is 0.396 e. The van der Waals surface area contributed by atoms with Crippen LogP contribution in [0.2, 0.25) is 5.02 Å². The number of aliphatic hydroxyl groups excluding tert-OH is 1. The molecule has 0 heterocycles. The van der Waals surface area contributed by atoms with Crippen molar-refractivity contribution in [2.45, 2.75) is 48.4 Å². The first-order valence-corrected chi connectivity index (χ1v) is 13.0. The van der Waals surface area contributed by atoms with Crippen LogP contribution in [0.1, 0.15) is 43.0 Å². The quantitative estimate of drug-likeness (QED) is 0.537. The number of amides is 1. The van der Waals surface area contributed by atoms with Gasteiger partial charge in [0.2, 0.25) is 0 Å². The number of anilines is 1. The Kier molecular flexibility index (Phi) is 6.76. The second-order valence-corrected chi connectivity index (χ2v) is 12.0. The smallest absolute Gasteiger partial charge is 0.255 e. The molecule has 2 aromatic rings. The first kappa shape index (κ1) is 25.0. The van der Waals surface area contributed by atoms with Crippen LogP contribution in [-0.2, 0) is 9.84 Å². The van der Waals surface area contributed by atoms with Crippen molar-refractivity contribution in [2.75, 3.05) is 11.9 Å². The van der Waals surface area contributed by atoms with E-state index in [1.165, 1.54) is 24.3 Å². The summed E-state index contributed by atoms with van der Waals surface area (Å²) in [7, 11) is -3.94. The topological polar surface area (TPSA) is 104 Å². The van der Waals surface area contributed by atoms with Crippen molar-refractivity contribution < 1.29 is 32.2 Å². The number of benzene rings is 2. The van der Waals surface area contributed by atoms with Crippen molar-refractivity contribution in [2.24, 2.45) is 17.8 Å². The Labute approximate surface area is 201 Å². The lowest BCUT2D eigenvalue weighted by atomic mass is 9.71. The number of carbonyl (C=O) groups is 1. The predicted octanol–water partition coefficient (Wildman–Crippen LogP) is 4.19. The van der Waals surface area contributed by atoms with Crippen LogP contribution in [0.4, 0.5) is 14.5 Å². The molecule has 0 radical (unpaired) electrons. The van der Waals surface area contributed by atoms with E-state index in [1.54, 1.807) is 0 Å². The van der Waals surface area contributed by atoms with E-state index in [1.807, 2.05) is 6.92 Å². The summed E-state index contributed by atoms with van der Waals surface area (Å²) in [5, 5.41) is 22.2. The molecule has 6 nitrogen and oxygen atoms in total. The lowest BCUT2D eigenvalue weighted by molar-refractivity contribution is -0.0781. The summed E-state index contributed by atoms with van der Waals surface area (Å²) in [4.78, 5) is 12.5. The second kappa shape index (κ2) is 9.18. The molecular weight excluding hydrogens is 488 g/mol. The fourth-order valence-electron chi connectivity index (χ4n) is 5.69. The van der Waals surface area contributed by atoms with Crippen molar-refractivity contribution in [3.63, 3.8) is 0 Å². The zero-order chi connectivity index (χ0) is 24.8. The molecule has 2 aromatic carbocycles. The van der Waals surface area contributed by atoms with E-state index >= 15 is 0 Å². The molecule has 3 N–H and O–H groups in total. The molecule has 2 saturated carbocycles. The fraction of sp³-hybridized carbons (Fsp3) is 0.458. The van der Waals surface area contributed by atoms with Gasteiger partial charge in [0, 0.05) is 23.9 Å². The number of halogens is 3. The van der Waals surface area contributed by atoms with Gasteiger partial charge in [0.25, 0.3) is 5.91 Å². The van der Waals surface area contributed by atoms with Crippen LogP contribution in [0.3, 0.4) is 0 Å². The van der Waals surface area contributed by atoms with Crippen molar-refractivity contribution >= 4 is 33.0 Å². The maximum Gasteiger partial charge on any atom is 0.255 e. The third kappa shape index (κ3) is 4.34. The molecule has 0 aliphatic heterocycles. The molecule has 2 unspecified atom stereocenters. The Morgan fingerprint density at radius 3 is 2.53 bits per heavy atom. The average Bonchev–Trinajstić information content (AvgIpc) is 2.90. The number of hydrogen-bond donors (Lipinski definition) is 3. The molecule has 0 spiro atoms. The van der Waals surface area contributed by atoms with Crippen LogP contribution in [0.25, 0.3) is 0 Å². The Bertz CT molecular complexity index is 1220. The van der Waals surface area contributed by atoms with E-state index in [2.05, 4.69) is 5.32 Å². The van der Waals surface area contributed by atoms with Gasteiger partial charge in [0.15, 0.2) is 21.5 Å². The van der Waals surface area contributed by atoms with E-state index < -0.39 is 38.2 Å². The number of nitrogens with one attached hydrogen (secondary N) is 1. The molecule has 5 atom stereocenters. The van der Waals surface area contributed by atoms with Gasteiger partial charge in [0.05, 0.1) is 20.8 Å². The highest BCUT2D eigenvalue weighted by Crippen LogP contribution is 2.56. The molecule has 2 aliphatic rings. The molecule has 4 rings (SSSR count). The molecule has 0 saturated heterocycles. The van der Waals surface area contributed by atoms with E-state index in [0.29, 0.717) is 6.42 Å². The van der Waals surface area contributed by atoms with Crippen LogP contribution >= 0.6 is 11.6 Å². The average molecular weight is 514 g/mol. The van der Waals surface area contributed by atoms with Gasteiger partial charge in [-0.25, -0.2) is 17.2 Å². The second-order valence-electron chi connectivity index (χ2n) is 9.35. The van der Waals surface area contributed by atoms with Crippen molar-refractivity contribution in [1.29, 1.82) is 0 Å². The van der Waals surface area contributed by atoms with Gasteiger partial charge in [0.1, 0.15) is 0 Å².